The number of halogens is 2. The van der Waals surface area contributed by atoms with E-state index in [2.05, 4.69) is 29.5 Å². The van der Waals surface area contributed by atoms with E-state index in [1.807, 2.05) is 36.4 Å². The highest BCUT2D eigenvalue weighted by molar-refractivity contribution is 7.97. The Hall–Kier alpha value is -1.46. The molecule has 1 saturated heterocycles. The molecule has 146 valence electrons. The standard InChI is InChI=1S/C22H22Cl2N2OS/c1-2-11-28-26-22(16-5-9-19(24)10-6-16)20-14-27-13-17(21(20)25-26)12-15-3-7-18(23)8-4-15/h3-10,12,20,22H,2,11,13-14H2,1H3. The summed E-state index contributed by atoms with van der Waals surface area (Å²) in [6.07, 6.45) is 3.27. The third-order valence-electron chi connectivity index (χ3n) is 4.91. The normalized spacial score (nSPS) is 23.0. The molecule has 1 fully saturated rings. The van der Waals surface area contributed by atoms with Crippen molar-refractivity contribution in [1.82, 2.24) is 4.41 Å². The largest absolute Gasteiger partial charge is 0.376 e. The minimum absolute atomic E-state index is 0.151. The Labute approximate surface area is 180 Å². The van der Waals surface area contributed by atoms with Crippen LogP contribution < -0.4 is 0 Å². The van der Waals surface area contributed by atoms with Crippen LogP contribution in [-0.4, -0.2) is 29.1 Å². The number of fused-ring (bicyclic) bond motifs is 1. The molecule has 0 amide bonds. The maximum Gasteiger partial charge on any atom is 0.0947 e. The van der Waals surface area contributed by atoms with Crippen molar-refractivity contribution in [2.75, 3.05) is 19.0 Å². The van der Waals surface area contributed by atoms with Crippen molar-refractivity contribution in [2.24, 2.45) is 11.0 Å². The Kier molecular flexibility index (Phi) is 6.32. The lowest BCUT2D eigenvalue weighted by Crippen LogP contribution is -2.32. The fourth-order valence-electron chi connectivity index (χ4n) is 3.58. The molecule has 2 heterocycles. The summed E-state index contributed by atoms with van der Waals surface area (Å²) in [5.41, 5.74) is 4.59. The predicted octanol–water partition coefficient (Wildman–Crippen LogP) is 6.49. The Balaban J connectivity index is 1.67. The fraction of sp³-hybridized carbons (Fsp3) is 0.318. The Morgan fingerprint density at radius 2 is 1.79 bits per heavy atom. The van der Waals surface area contributed by atoms with Crippen LogP contribution >= 0.6 is 35.1 Å². The fourth-order valence-corrected chi connectivity index (χ4v) is 4.77. The lowest BCUT2D eigenvalue weighted by atomic mass is 9.86. The summed E-state index contributed by atoms with van der Waals surface area (Å²) < 4.78 is 8.15. The quantitative estimate of drug-likeness (QED) is 0.504. The van der Waals surface area contributed by atoms with Gasteiger partial charge in [0.25, 0.3) is 0 Å². The van der Waals surface area contributed by atoms with Crippen LogP contribution in [0.1, 0.15) is 30.5 Å². The van der Waals surface area contributed by atoms with Crippen LogP contribution in [-0.2, 0) is 4.74 Å². The summed E-state index contributed by atoms with van der Waals surface area (Å²) in [6.45, 7) is 3.44. The molecule has 6 heteroatoms. The van der Waals surface area contributed by atoms with Crippen molar-refractivity contribution in [1.29, 1.82) is 0 Å². The van der Waals surface area contributed by atoms with E-state index in [1.54, 1.807) is 11.9 Å². The Morgan fingerprint density at radius 1 is 1.11 bits per heavy atom. The Morgan fingerprint density at radius 3 is 2.46 bits per heavy atom. The van der Waals surface area contributed by atoms with Gasteiger partial charge in [0.15, 0.2) is 0 Å². The smallest absolute Gasteiger partial charge is 0.0947 e. The first-order valence-electron chi connectivity index (χ1n) is 9.46. The van der Waals surface area contributed by atoms with Gasteiger partial charge in [0.05, 0.1) is 30.9 Å². The summed E-state index contributed by atoms with van der Waals surface area (Å²) >= 11 is 13.9. The summed E-state index contributed by atoms with van der Waals surface area (Å²) in [7, 11) is 0. The summed E-state index contributed by atoms with van der Waals surface area (Å²) in [5, 5.41) is 6.52. The third-order valence-corrected chi connectivity index (χ3v) is 6.58. The lowest BCUT2D eigenvalue weighted by Gasteiger charge is -2.29. The van der Waals surface area contributed by atoms with Crippen LogP contribution in [0.2, 0.25) is 10.0 Å². The van der Waals surface area contributed by atoms with Crippen molar-refractivity contribution in [3.05, 3.63) is 75.3 Å². The van der Waals surface area contributed by atoms with Crippen LogP contribution in [0.15, 0.2) is 59.2 Å². The van der Waals surface area contributed by atoms with Gasteiger partial charge in [-0.3, -0.25) is 0 Å². The van der Waals surface area contributed by atoms with Crippen molar-refractivity contribution >= 4 is 46.9 Å². The molecule has 2 unspecified atom stereocenters. The molecule has 0 aliphatic carbocycles. The number of hydrogen-bond donors (Lipinski definition) is 0. The maximum absolute atomic E-state index is 6.11. The predicted molar refractivity (Wildman–Crippen MR) is 120 cm³/mol. The SMILES string of the molecule is CCCSN1N=C2C(=Cc3ccc(Cl)cc3)COCC2C1c1ccc(Cl)cc1. The highest BCUT2D eigenvalue weighted by atomic mass is 35.5. The molecular formula is C22H22Cl2N2OS. The van der Waals surface area contributed by atoms with Gasteiger partial charge in [-0.05, 0) is 59.8 Å². The zero-order chi connectivity index (χ0) is 19.5. The number of nitrogens with zero attached hydrogens (tertiary/aromatic N) is 2. The molecule has 0 bridgehead atoms. The molecule has 28 heavy (non-hydrogen) atoms. The van der Waals surface area contributed by atoms with E-state index in [1.165, 1.54) is 5.56 Å². The highest BCUT2D eigenvalue weighted by Crippen LogP contribution is 2.43. The maximum atomic E-state index is 6.11. The van der Waals surface area contributed by atoms with E-state index in [0.717, 1.165) is 39.1 Å². The number of ether oxygens (including phenoxy) is 1. The van der Waals surface area contributed by atoms with Gasteiger partial charge in [-0.2, -0.15) is 5.10 Å². The average Bonchev–Trinajstić information content (AvgIpc) is 3.08. The van der Waals surface area contributed by atoms with Crippen LogP contribution in [0.25, 0.3) is 6.08 Å². The Bertz CT molecular complexity index is 880. The van der Waals surface area contributed by atoms with E-state index in [0.29, 0.717) is 13.2 Å². The van der Waals surface area contributed by atoms with Gasteiger partial charge in [0.2, 0.25) is 0 Å². The summed E-state index contributed by atoms with van der Waals surface area (Å²) in [4.78, 5) is 0. The highest BCUT2D eigenvalue weighted by Gasteiger charge is 2.42. The van der Waals surface area contributed by atoms with Gasteiger partial charge >= 0.3 is 0 Å². The van der Waals surface area contributed by atoms with Gasteiger partial charge < -0.3 is 4.74 Å². The van der Waals surface area contributed by atoms with Crippen LogP contribution in [0, 0.1) is 5.92 Å². The first kappa shape index (κ1) is 19.8. The molecule has 0 N–H and O–H groups in total. The second-order valence-electron chi connectivity index (χ2n) is 6.96. The van der Waals surface area contributed by atoms with Crippen LogP contribution in [0.5, 0.6) is 0 Å². The van der Waals surface area contributed by atoms with Gasteiger partial charge in [-0.25, -0.2) is 4.41 Å². The molecule has 2 aromatic rings. The van der Waals surface area contributed by atoms with E-state index in [4.69, 9.17) is 33.0 Å². The molecule has 0 saturated carbocycles. The minimum Gasteiger partial charge on any atom is -0.376 e. The number of rotatable bonds is 5. The van der Waals surface area contributed by atoms with Gasteiger partial charge in [0, 0.05) is 21.4 Å². The minimum atomic E-state index is 0.151. The van der Waals surface area contributed by atoms with E-state index < -0.39 is 0 Å². The number of benzene rings is 2. The van der Waals surface area contributed by atoms with Crippen LogP contribution in [0.3, 0.4) is 0 Å². The molecule has 0 aromatic heterocycles. The number of hydrazone groups is 1. The molecular weight excluding hydrogens is 411 g/mol. The first-order chi connectivity index (χ1) is 13.7. The molecule has 2 atom stereocenters. The van der Waals surface area contributed by atoms with E-state index >= 15 is 0 Å². The third kappa shape index (κ3) is 4.25. The lowest BCUT2D eigenvalue weighted by molar-refractivity contribution is 0.113. The second kappa shape index (κ2) is 8.91. The first-order valence-corrected chi connectivity index (χ1v) is 11.2. The van der Waals surface area contributed by atoms with Crippen molar-refractivity contribution in [3.8, 4) is 0 Å². The molecule has 4 rings (SSSR count). The van der Waals surface area contributed by atoms with E-state index in [9.17, 15) is 0 Å². The zero-order valence-corrected chi connectivity index (χ0v) is 18.0. The van der Waals surface area contributed by atoms with E-state index in [-0.39, 0.29) is 12.0 Å². The topological polar surface area (TPSA) is 24.8 Å². The molecule has 2 aliphatic rings. The molecule has 2 aromatic carbocycles. The number of hydrogen-bond acceptors (Lipinski definition) is 4. The van der Waals surface area contributed by atoms with Crippen molar-refractivity contribution in [2.45, 2.75) is 19.4 Å². The van der Waals surface area contributed by atoms with Gasteiger partial charge in [-0.1, -0.05) is 54.4 Å². The van der Waals surface area contributed by atoms with Crippen molar-refractivity contribution in [3.63, 3.8) is 0 Å². The summed E-state index contributed by atoms with van der Waals surface area (Å²) in [6, 6.07) is 16.1. The van der Waals surface area contributed by atoms with Gasteiger partial charge in [-0.15, -0.1) is 0 Å². The zero-order valence-electron chi connectivity index (χ0n) is 15.6. The molecule has 0 spiro atoms. The van der Waals surface area contributed by atoms with Crippen LogP contribution in [0.4, 0.5) is 0 Å². The summed E-state index contributed by atoms with van der Waals surface area (Å²) in [5.74, 6) is 1.24. The molecule has 3 nitrogen and oxygen atoms in total. The average molecular weight is 433 g/mol. The monoisotopic (exact) mass is 432 g/mol. The molecule has 2 aliphatic heterocycles. The second-order valence-corrected chi connectivity index (χ2v) is 8.87. The molecule has 0 radical (unpaired) electrons. The van der Waals surface area contributed by atoms with Gasteiger partial charge in [0.1, 0.15) is 0 Å². The van der Waals surface area contributed by atoms with Crippen molar-refractivity contribution < 1.29 is 4.74 Å².